The summed E-state index contributed by atoms with van der Waals surface area (Å²) in [4.78, 5) is 56.0. The Morgan fingerprint density at radius 1 is 0.911 bits per heavy atom. The number of halogens is 1. The Bertz CT molecular complexity index is 1260. The fraction of sp³-hybridized carbons (Fsp3) is 0.529. The summed E-state index contributed by atoms with van der Waals surface area (Å²) in [6.45, 7) is 0.0639. The summed E-state index contributed by atoms with van der Waals surface area (Å²) >= 11 is 6.07. The quantitative estimate of drug-likeness (QED) is 0.285. The minimum Gasteiger partial charge on any atom is -0.469 e. The van der Waals surface area contributed by atoms with Crippen LogP contribution in [0, 0.1) is 5.92 Å². The van der Waals surface area contributed by atoms with Gasteiger partial charge in [0.1, 0.15) is 6.04 Å². The van der Waals surface area contributed by atoms with Crippen molar-refractivity contribution in [2.75, 3.05) is 34.9 Å². The van der Waals surface area contributed by atoms with Crippen LogP contribution in [0.2, 0.25) is 5.02 Å². The molecule has 2 aromatic rings. The van der Waals surface area contributed by atoms with Gasteiger partial charge >= 0.3 is 5.97 Å². The molecule has 45 heavy (non-hydrogen) atoms. The Morgan fingerprint density at radius 2 is 1.56 bits per heavy atom. The van der Waals surface area contributed by atoms with Crippen LogP contribution in [-0.4, -0.2) is 92.6 Å². The maximum atomic E-state index is 13.8. The molecule has 0 radical (unpaired) electrons. The molecule has 3 N–H and O–H groups in total. The first-order valence-corrected chi connectivity index (χ1v) is 15.8. The second-order valence-electron chi connectivity index (χ2n) is 11.8. The predicted octanol–water partition coefficient (Wildman–Crippen LogP) is 3.38. The van der Waals surface area contributed by atoms with E-state index in [0.717, 1.165) is 30.4 Å². The molecule has 5 atom stereocenters. The van der Waals surface area contributed by atoms with Gasteiger partial charge in [-0.25, -0.2) is 0 Å². The Labute approximate surface area is 271 Å². The average Bonchev–Trinajstić information content (AvgIpc) is 3.04. The van der Waals surface area contributed by atoms with Crippen molar-refractivity contribution in [1.29, 1.82) is 0 Å². The first kappa shape index (κ1) is 36.0. The maximum absolute atomic E-state index is 13.8. The highest BCUT2D eigenvalue weighted by atomic mass is 35.5. The fourth-order valence-corrected chi connectivity index (χ4v) is 6.16. The molecule has 246 valence electrons. The molecule has 1 saturated carbocycles. The number of nitrogens with two attached hydrogens (primary N) is 1. The van der Waals surface area contributed by atoms with Gasteiger partial charge in [-0.15, -0.1) is 0 Å². The highest BCUT2D eigenvalue weighted by Crippen LogP contribution is 2.26. The topological polar surface area (TPSA) is 131 Å². The smallest absolute Gasteiger partial charge is 0.306 e. The van der Waals surface area contributed by atoms with Gasteiger partial charge < -0.3 is 30.3 Å². The van der Waals surface area contributed by atoms with Crippen LogP contribution in [0.25, 0.3) is 0 Å². The molecule has 3 rings (SSSR count). The van der Waals surface area contributed by atoms with Crippen molar-refractivity contribution in [2.45, 2.75) is 75.5 Å². The van der Waals surface area contributed by atoms with Crippen LogP contribution < -0.4 is 11.1 Å². The molecule has 2 aromatic carbocycles. The Balaban J connectivity index is 1.75. The van der Waals surface area contributed by atoms with Crippen molar-refractivity contribution in [3.63, 3.8) is 0 Å². The van der Waals surface area contributed by atoms with Crippen LogP contribution in [0.15, 0.2) is 54.6 Å². The molecule has 0 aliphatic heterocycles. The molecule has 0 bridgehead atoms. The number of esters is 1. The lowest BCUT2D eigenvalue weighted by Crippen LogP contribution is -2.56. The van der Waals surface area contributed by atoms with E-state index in [0.29, 0.717) is 24.3 Å². The van der Waals surface area contributed by atoms with E-state index in [1.807, 2.05) is 42.5 Å². The predicted molar refractivity (Wildman–Crippen MR) is 173 cm³/mol. The van der Waals surface area contributed by atoms with Crippen molar-refractivity contribution < 1.29 is 28.7 Å². The fourth-order valence-electron chi connectivity index (χ4n) is 6.04. The number of rotatable bonds is 15. The molecule has 11 heteroatoms. The summed E-state index contributed by atoms with van der Waals surface area (Å²) in [6.07, 6.45) is 4.11. The zero-order valence-electron chi connectivity index (χ0n) is 26.7. The van der Waals surface area contributed by atoms with Crippen LogP contribution in [0.1, 0.15) is 49.7 Å². The van der Waals surface area contributed by atoms with E-state index in [4.69, 9.17) is 26.8 Å². The lowest BCUT2D eigenvalue weighted by atomic mass is 9.87. The van der Waals surface area contributed by atoms with Gasteiger partial charge in [0.05, 0.1) is 32.1 Å². The summed E-state index contributed by atoms with van der Waals surface area (Å²) in [6, 6.07) is 15.0. The van der Waals surface area contributed by atoms with Crippen molar-refractivity contribution in [1.82, 2.24) is 15.1 Å². The van der Waals surface area contributed by atoms with Crippen molar-refractivity contribution in [3.05, 3.63) is 70.7 Å². The number of nitrogens with zero attached hydrogens (tertiary/aromatic N) is 2. The highest BCUT2D eigenvalue weighted by Gasteiger charge is 2.36. The summed E-state index contributed by atoms with van der Waals surface area (Å²) in [7, 11) is 6.20. The van der Waals surface area contributed by atoms with E-state index in [-0.39, 0.29) is 49.3 Å². The van der Waals surface area contributed by atoms with Crippen LogP contribution in [0.3, 0.4) is 0 Å². The molecule has 1 aliphatic rings. The van der Waals surface area contributed by atoms with E-state index in [1.165, 1.54) is 19.1 Å². The third-order valence-electron chi connectivity index (χ3n) is 8.60. The molecule has 0 spiro atoms. The number of likely N-dealkylation sites (N-methyl/N-ethyl adjacent to an activating group) is 2. The number of nitrogens with one attached hydrogen (secondary N) is 1. The molecule has 0 saturated heterocycles. The number of amides is 3. The Hall–Kier alpha value is -3.47. The number of methoxy groups -OCH3 is 2. The summed E-state index contributed by atoms with van der Waals surface area (Å²) in [5.74, 6) is -1.74. The van der Waals surface area contributed by atoms with Crippen LogP contribution in [0.5, 0.6) is 0 Å². The largest absolute Gasteiger partial charge is 0.469 e. The van der Waals surface area contributed by atoms with E-state index in [9.17, 15) is 19.2 Å². The van der Waals surface area contributed by atoms with E-state index >= 15 is 0 Å². The van der Waals surface area contributed by atoms with Crippen molar-refractivity contribution >= 4 is 35.3 Å². The normalized spacial score (nSPS) is 18.3. The Kier molecular flexibility index (Phi) is 14.3. The first-order chi connectivity index (χ1) is 21.5. The number of carbonyl (C=O) groups is 4. The highest BCUT2D eigenvalue weighted by molar-refractivity contribution is 6.30. The van der Waals surface area contributed by atoms with E-state index in [2.05, 4.69) is 5.32 Å². The third-order valence-corrected chi connectivity index (χ3v) is 8.85. The number of carbonyl (C=O) groups excluding carboxylic acids is 4. The third kappa shape index (κ3) is 10.8. The standard InChI is InChI=1S/C34H47ClN4O6/c1-38(34(43)28(36)22-44-3)27(19-24-14-16-26(35)17-15-24)21-31(40)37-29-12-8-9-13-30(29)39(2)33(42)25(20-32(41)45-4)18-23-10-6-5-7-11-23/h5-7,10-11,14-17,25,27-30H,8-9,12-13,18-22,36H2,1-4H3,(H,37,40)/t25-,27+,28+,29+,30+/m1/s1. The van der Waals surface area contributed by atoms with E-state index in [1.54, 1.807) is 31.1 Å². The van der Waals surface area contributed by atoms with Gasteiger partial charge in [0.25, 0.3) is 0 Å². The number of hydrogen-bond donors (Lipinski definition) is 2. The molecule has 1 aliphatic carbocycles. The van der Waals surface area contributed by atoms with E-state index < -0.39 is 24.0 Å². The van der Waals surface area contributed by atoms with Gasteiger partial charge in [0.15, 0.2) is 0 Å². The zero-order valence-corrected chi connectivity index (χ0v) is 27.5. The van der Waals surface area contributed by atoms with Gasteiger partial charge in [0.2, 0.25) is 17.7 Å². The van der Waals surface area contributed by atoms with Gasteiger partial charge in [-0.2, -0.15) is 0 Å². The van der Waals surface area contributed by atoms with Gasteiger partial charge in [-0.3, -0.25) is 19.2 Å². The second-order valence-corrected chi connectivity index (χ2v) is 12.3. The average molecular weight is 643 g/mol. The SMILES string of the molecule is COC[C@H](N)C(=O)N(C)[C@H](CC(=O)N[C@H]1CCCC[C@@H]1N(C)C(=O)[C@@H](CC(=O)OC)Cc1ccccc1)Cc1ccc(Cl)cc1. The second kappa shape index (κ2) is 17.9. The Morgan fingerprint density at radius 3 is 2.20 bits per heavy atom. The van der Waals surface area contributed by atoms with Crippen LogP contribution in [0.4, 0.5) is 0 Å². The first-order valence-electron chi connectivity index (χ1n) is 15.5. The van der Waals surface area contributed by atoms with Gasteiger partial charge in [0, 0.05) is 44.7 Å². The van der Waals surface area contributed by atoms with Crippen LogP contribution >= 0.6 is 11.6 Å². The maximum Gasteiger partial charge on any atom is 0.306 e. The molecule has 0 aromatic heterocycles. The lowest BCUT2D eigenvalue weighted by Gasteiger charge is -2.40. The number of hydrogen-bond acceptors (Lipinski definition) is 7. The molecule has 10 nitrogen and oxygen atoms in total. The lowest BCUT2D eigenvalue weighted by molar-refractivity contribution is -0.147. The molecule has 1 fully saturated rings. The molecular weight excluding hydrogens is 596 g/mol. The monoisotopic (exact) mass is 642 g/mol. The summed E-state index contributed by atoms with van der Waals surface area (Å²) in [5, 5.41) is 3.78. The molecular formula is C34H47ClN4O6. The van der Waals surface area contributed by atoms with Crippen molar-refractivity contribution in [2.24, 2.45) is 11.7 Å². The number of benzene rings is 2. The van der Waals surface area contributed by atoms with Crippen LogP contribution in [-0.2, 0) is 41.5 Å². The number of ether oxygens (including phenoxy) is 2. The summed E-state index contributed by atoms with van der Waals surface area (Å²) < 4.78 is 9.98. The minimum atomic E-state index is -0.855. The van der Waals surface area contributed by atoms with Gasteiger partial charge in [-0.05, 0) is 48.9 Å². The minimum absolute atomic E-state index is 0.0315. The molecule has 0 unspecified atom stereocenters. The summed E-state index contributed by atoms with van der Waals surface area (Å²) in [5.41, 5.74) is 7.93. The molecule has 0 heterocycles. The van der Waals surface area contributed by atoms with Gasteiger partial charge in [-0.1, -0.05) is 66.9 Å². The molecule has 3 amide bonds. The zero-order chi connectivity index (χ0) is 32.9. The van der Waals surface area contributed by atoms with Crippen molar-refractivity contribution in [3.8, 4) is 0 Å².